The van der Waals surface area contributed by atoms with Gasteiger partial charge in [-0.2, -0.15) is 0 Å². The second kappa shape index (κ2) is 2.97. The number of fused-ring (bicyclic) bond motifs is 1. The molecule has 2 heteroatoms. The summed E-state index contributed by atoms with van der Waals surface area (Å²) in [6.45, 7) is 0.564. The molecule has 0 aliphatic carbocycles. The van der Waals surface area contributed by atoms with Gasteiger partial charge in [-0.15, -0.1) is 0 Å². The van der Waals surface area contributed by atoms with Crippen LogP contribution >= 0.6 is 0 Å². The molecule has 1 aromatic carbocycles. The van der Waals surface area contributed by atoms with Crippen molar-refractivity contribution in [2.75, 3.05) is 0 Å². The fraction of sp³-hybridized carbons (Fsp3) is 0.300. The van der Waals surface area contributed by atoms with Crippen LogP contribution in [0.1, 0.15) is 17.5 Å². The molecule has 0 saturated carbocycles. The van der Waals surface area contributed by atoms with E-state index in [4.69, 9.17) is 0 Å². The molecule has 0 bridgehead atoms. The highest BCUT2D eigenvalue weighted by Crippen LogP contribution is 2.14. The molecule has 0 unspecified atom stereocenters. The van der Waals surface area contributed by atoms with E-state index in [0.717, 1.165) is 6.42 Å². The molecule has 61 valence electrons. The predicted molar refractivity (Wildman–Crippen MR) is 45.6 cm³/mol. The molecule has 0 N–H and O–H groups in total. The van der Waals surface area contributed by atoms with Gasteiger partial charge in [0.2, 0.25) is 5.91 Å². The van der Waals surface area contributed by atoms with Crippen molar-refractivity contribution in [1.29, 1.82) is 0 Å². The van der Waals surface area contributed by atoms with Gasteiger partial charge in [0, 0.05) is 6.42 Å². The number of carbonyl (C=O) groups excluding carboxylic acids is 1. The monoisotopic (exact) mass is 160 g/mol. The van der Waals surface area contributed by atoms with Gasteiger partial charge in [0.25, 0.3) is 0 Å². The van der Waals surface area contributed by atoms with Gasteiger partial charge in [0.1, 0.15) is 0 Å². The maximum atomic E-state index is 11.0. The Balaban J connectivity index is 2.32. The third-order valence-electron chi connectivity index (χ3n) is 2.15. The third kappa shape index (κ3) is 1.33. The van der Waals surface area contributed by atoms with Crippen LogP contribution in [0.5, 0.6) is 0 Å². The number of nitrogens with zero attached hydrogens (tertiary/aromatic N) is 1. The van der Waals surface area contributed by atoms with E-state index >= 15 is 0 Å². The third-order valence-corrected chi connectivity index (χ3v) is 2.15. The predicted octanol–water partition coefficient (Wildman–Crippen LogP) is 1.26. The van der Waals surface area contributed by atoms with E-state index in [1.165, 1.54) is 11.1 Å². The lowest BCUT2D eigenvalue weighted by Crippen LogP contribution is -2.11. The van der Waals surface area contributed by atoms with Crippen molar-refractivity contribution in [2.24, 2.45) is 0 Å². The topological polar surface area (TPSA) is 31.2 Å². The first kappa shape index (κ1) is 7.35. The Labute approximate surface area is 71.6 Å². The summed E-state index contributed by atoms with van der Waals surface area (Å²) in [5.74, 6) is 0.0335. The molecule has 0 spiro atoms. The molecule has 0 aromatic heterocycles. The molecule has 0 fully saturated rings. The highest BCUT2D eigenvalue weighted by Gasteiger charge is 2.11. The van der Waals surface area contributed by atoms with Crippen molar-refractivity contribution in [3.05, 3.63) is 35.4 Å². The first-order chi connectivity index (χ1) is 5.86. The van der Waals surface area contributed by atoms with E-state index in [2.05, 4.69) is 11.4 Å². The highest BCUT2D eigenvalue weighted by molar-refractivity contribution is 5.76. The molecule has 1 amide bonds. The SMILES string of the molecule is O=C1CCc2ccccc2C[N]1. The number of carbonyl (C=O) groups is 1. The van der Waals surface area contributed by atoms with E-state index in [0.29, 0.717) is 13.0 Å². The van der Waals surface area contributed by atoms with Crippen molar-refractivity contribution in [2.45, 2.75) is 19.4 Å². The zero-order chi connectivity index (χ0) is 8.39. The number of hydrogen-bond donors (Lipinski definition) is 0. The summed E-state index contributed by atoms with van der Waals surface area (Å²) in [6, 6.07) is 8.11. The minimum atomic E-state index is 0.0335. The smallest absolute Gasteiger partial charge is 0.241 e. The largest absolute Gasteiger partial charge is 0.273 e. The first-order valence-electron chi connectivity index (χ1n) is 4.13. The van der Waals surface area contributed by atoms with Gasteiger partial charge in [0.05, 0.1) is 6.54 Å². The van der Waals surface area contributed by atoms with Crippen molar-refractivity contribution in [1.82, 2.24) is 5.32 Å². The average Bonchev–Trinajstić information content (AvgIpc) is 2.29. The molecule has 1 aliphatic rings. The van der Waals surface area contributed by atoms with Gasteiger partial charge >= 0.3 is 0 Å². The average molecular weight is 160 g/mol. The van der Waals surface area contributed by atoms with Crippen LogP contribution in [0.4, 0.5) is 0 Å². The Morgan fingerprint density at radius 1 is 1.08 bits per heavy atom. The van der Waals surface area contributed by atoms with Gasteiger partial charge in [-0.25, -0.2) is 5.32 Å². The molecule has 0 saturated heterocycles. The molecule has 12 heavy (non-hydrogen) atoms. The van der Waals surface area contributed by atoms with Crippen molar-refractivity contribution in [3.8, 4) is 0 Å². The molecule has 1 aliphatic heterocycles. The fourth-order valence-electron chi connectivity index (χ4n) is 1.45. The molecule has 1 heterocycles. The Morgan fingerprint density at radius 2 is 1.83 bits per heavy atom. The van der Waals surface area contributed by atoms with Crippen LogP contribution in [0.15, 0.2) is 24.3 Å². The van der Waals surface area contributed by atoms with Crippen LogP contribution in [0.2, 0.25) is 0 Å². The summed E-state index contributed by atoms with van der Waals surface area (Å²) >= 11 is 0. The minimum Gasteiger partial charge on any atom is -0.273 e. The second-order valence-corrected chi connectivity index (χ2v) is 2.98. The van der Waals surface area contributed by atoms with Crippen molar-refractivity contribution >= 4 is 5.91 Å². The lowest BCUT2D eigenvalue weighted by atomic mass is 10.0. The van der Waals surface area contributed by atoms with Crippen LogP contribution in [0.25, 0.3) is 0 Å². The summed E-state index contributed by atoms with van der Waals surface area (Å²) < 4.78 is 0. The summed E-state index contributed by atoms with van der Waals surface area (Å²) in [6.07, 6.45) is 1.41. The lowest BCUT2D eigenvalue weighted by molar-refractivity contribution is -0.121. The van der Waals surface area contributed by atoms with Gasteiger partial charge < -0.3 is 0 Å². The van der Waals surface area contributed by atoms with E-state index in [1.807, 2.05) is 18.2 Å². The van der Waals surface area contributed by atoms with Crippen LogP contribution in [-0.2, 0) is 17.8 Å². The maximum absolute atomic E-state index is 11.0. The Hall–Kier alpha value is -1.31. The first-order valence-corrected chi connectivity index (χ1v) is 4.13. The van der Waals surface area contributed by atoms with E-state index < -0.39 is 0 Å². The Morgan fingerprint density at radius 3 is 2.67 bits per heavy atom. The minimum absolute atomic E-state index is 0.0335. The van der Waals surface area contributed by atoms with Crippen LogP contribution < -0.4 is 5.32 Å². The normalized spacial score (nSPS) is 16.2. The molecule has 2 rings (SSSR count). The summed E-state index contributed by atoms with van der Waals surface area (Å²) in [7, 11) is 0. The molecule has 0 atom stereocenters. The zero-order valence-corrected chi connectivity index (χ0v) is 6.79. The Bertz CT molecular complexity index is 277. The Kier molecular flexibility index (Phi) is 1.82. The highest BCUT2D eigenvalue weighted by atomic mass is 16.1. The summed E-state index contributed by atoms with van der Waals surface area (Å²) in [5.41, 5.74) is 2.47. The zero-order valence-electron chi connectivity index (χ0n) is 6.79. The van der Waals surface area contributed by atoms with Gasteiger partial charge in [0.15, 0.2) is 0 Å². The number of hydrogen-bond acceptors (Lipinski definition) is 1. The van der Waals surface area contributed by atoms with Gasteiger partial charge in [-0.05, 0) is 17.5 Å². The van der Waals surface area contributed by atoms with E-state index in [1.54, 1.807) is 0 Å². The van der Waals surface area contributed by atoms with Crippen molar-refractivity contribution < 1.29 is 4.79 Å². The molecular formula is C10H10NO. The summed E-state index contributed by atoms with van der Waals surface area (Å²) in [5, 5.41) is 3.93. The van der Waals surface area contributed by atoms with Crippen LogP contribution in [-0.4, -0.2) is 5.91 Å². The van der Waals surface area contributed by atoms with E-state index in [9.17, 15) is 4.79 Å². The van der Waals surface area contributed by atoms with Crippen molar-refractivity contribution in [3.63, 3.8) is 0 Å². The maximum Gasteiger partial charge on any atom is 0.241 e. The number of rotatable bonds is 0. The van der Waals surface area contributed by atoms with Gasteiger partial charge in [-0.1, -0.05) is 24.3 Å². The molecule has 2 nitrogen and oxygen atoms in total. The molecular weight excluding hydrogens is 150 g/mol. The number of benzene rings is 1. The second-order valence-electron chi connectivity index (χ2n) is 2.98. The lowest BCUT2D eigenvalue weighted by Gasteiger charge is -2.01. The molecule has 1 aromatic rings. The van der Waals surface area contributed by atoms with E-state index in [-0.39, 0.29) is 5.91 Å². The number of amides is 1. The standard InChI is InChI=1S/C10H10NO/c12-10-6-5-8-3-1-2-4-9(8)7-11-10/h1-4H,5-7H2. The summed E-state index contributed by atoms with van der Waals surface area (Å²) in [4.78, 5) is 11.0. The molecule has 1 radical (unpaired) electrons. The quantitative estimate of drug-likeness (QED) is 0.562. The van der Waals surface area contributed by atoms with Gasteiger partial charge in [-0.3, -0.25) is 4.79 Å². The fourth-order valence-corrected chi connectivity index (χ4v) is 1.45. The number of aryl methyl sites for hydroxylation is 1. The van der Waals surface area contributed by atoms with Crippen LogP contribution in [0, 0.1) is 0 Å². The van der Waals surface area contributed by atoms with Crippen LogP contribution in [0.3, 0.4) is 0 Å².